The molecule has 476 valence electrons. The lowest BCUT2D eigenvalue weighted by atomic mass is 10.2. The molecule has 0 saturated carbocycles. The van der Waals surface area contributed by atoms with Gasteiger partial charge in [-0.3, -0.25) is 20.2 Å². The lowest BCUT2D eigenvalue weighted by Crippen LogP contribution is -2.08. The second-order valence-corrected chi connectivity index (χ2v) is 21.8. The minimum atomic E-state index is -0.988. The number of nitro benzene ring substituents is 2. The van der Waals surface area contributed by atoms with Crippen molar-refractivity contribution in [3.63, 3.8) is 0 Å². The minimum absolute atomic E-state index is 0.00519. The normalized spacial score (nSPS) is 10.1. The lowest BCUT2D eigenvalue weighted by molar-refractivity contribution is -0.387. The number of hydrogen-bond acceptors (Lipinski definition) is 18. The third-order valence-corrected chi connectivity index (χ3v) is 12.2. The molecule has 6 aromatic rings. The highest BCUT2D eigenvalue weighted by atomic mass is 79.9. The van der Waals surface area contributed by atoms with Crippen LogP contribution in [0.1, 0.15) is 79.6 Å². The number of nitrogen functional groups attached to an aromatic ring is 3. The van der Waals surface area contributed by atoms with Crippen LogP contribution in [0.5, 0.6) is 51.7 Å². The third kappa shape index (κ3) is 28.3. The number of carbonyl (C=O) groups is 1. The van der Waals surface area contributed by atoms with Gasteiger partial charge in [-0.05, 0) is 119 Å². The van der Waals surface area contributed by atoms with Crippen molar-refractivity contribution in [2.45, 2.75) is 99.8 Å². The average Bonchev–Trinajstić information content (AvgIpc) is 3.58. The van der Waals surface area contributed by atoms with Crippen molar-refractivity contribution >= 4 is 124 Å². The van der Waals surface area contributed by atoms with Gasteiger partial charge >= 0.3 is 17.3 Å². The van der Waals surface area contributed by atoms with Gasteiger partial charge in [0.2, 0.25) is 5.82 Å². The van der Waals surface area contributed by atoms with Crippen LogP contribution in [-0.2, 0) is 0 Å². The van der Waals surface area contributed by atoms with E-state index in [1.807, 2.05) is 47.6 Å². The highest BCUT2D eigenvalue weighted by molar-refractivity contribution is 9.11. The molecule has 6 rings (SSSR count). The number of methoxy groups -OCH3 is 5. The number of nitrogens with two attached hydrogens (primary N) is 3. The van der Waals surface area contributed by atoms with Gasteiger partial charge in [-0.25, -0.2) is 4.79 Å². The van der Waals surface area contributed by atoms with Crippen molar-refractivity contribution in [3.05, 3.63) is 145 Å². The summed E-state index contributed by atoms with van der Waals surface area (Å²) in [5.74, 6) is 2.10. The van der Waals surface area contributed by atoms with Crippen LogP contribution in [0.25, 0.3) is 0 Å². The van der Waals surface area contributed by atoms with Crippen molar-refractivity contribution < 1.29 is 71.9 Å². The highest BCUT2D eigenvalue weighted by Crippen LogP contribution is 2.44. The summed E-state index contributed by atoms with van der Waals surface area (Å²) in [5, 5.41) is 39.4. The van der Waals surface area contributed by atoms with Crippen LogP contribution < -0.4 is 59.8 Å². The molecule has 0 aliphatic heterocycles. The largest absolute Gasteiger partial charge is 0.495 e. The monoisotopic (exact) mass is 1430 g/mol. The number of para-hydroxylation sites is 1. The number of carboxylic acids is 1. The van der Waals surface area contributed by atoms with Crippen LogP contribution in [0.4, 0.5) is 32.8 Å². The summed E-state index contributed by atoms with van der Waals surface area (Å²) < 4.78 is 60.8. The molecule has 0 unspecified atom stereocenters. The maximum atomic E-state index is 12.8. The number of rotatable bonds is 16. The molecule has 0 aliphatic rings. The zero-order valence-corrected chi connectivity index (χ0v) is 56.6. The lowest BCUT2D eigenvalue weighted by Gasteiger charge is -2.15. The molecular weight excluding hydrogens is 1370 g/mol. The Morgan fingerprint density at radius 2 is 0.919 bits per heavy atom. The van der Waals surface area contributed by atoms with E-state index in [-0.39, 0.29) is 69.1 Å². The number of carboxylic acid groups (broad SMARTS) is 1. The van der Waals surface area contributed by atoms with Gasteiger partial charge in [-0.2, -0.15) is 4.39 Å². The molecule has 0 aromatic heterocycles. The summed E-state index contributed by atoms with van der Waals surface area (Å²) in [6, 6.07) is 19.3. The molecule has 0 fully saturated rings. The molecule has 6 aromatic carbocycles. The first-order chi connectivity index (χ1) is 40.0. The van der Waals surface area contributed by atoms with Gasteiger partial charge in [-0.1, -0.05) is 70.1 Å². The molecule has 0 radical (unpaired) electrons. The fourth-order valence-corrected chi connectivity index (χ4v) is 8.59. The predicted molar refractivity (Wildman–Crippen MR) is 346 cm³/mol. The number of halogens is 8. The third-order valence-electron chi connectivity index (χ3n) is 9.34. The summed E-state index contributed by atoms with van der Waals surface area (Å²) in [6.07, 6.45) is -0.0834. The van der Waals surface area contributed by atoms with Crippen LogP contribution >= 0.6 is 89.9 Å². The Kier molecular flexibility index (Phi) is 37.0. The second-order valence-electron chi connectivity index (χ2n) is 18.1. The first kappa shape index (κ1) is 79.5. The summed E-state index contributed by atoms with van der Waals surface area (Å²) in [4.78, 5) is 30.0. The van der Waals surface area contributed by atoms with Gasteiger partial charge in [0.15, 0.2) is 17.2 Å². The fourth-order valence-electron chi connectivity index (χ4n) is 5.95. The van der Waals surface area contributed by atoms with E-state index in [2.05, 4.69) is 36.6 Å². The van der Waals surface area contributed by atoms with Crippen LogP contribution in [0.3, 0.4) is 0 Å². The van der Waals surface area contributed by atoms with Crippen LogP contribution in [0, 0.1) is 26.0 Å². The number of aliphatic hydroxyl groups excluding tert-OH is 1. The molecule has 0 amide bonds. The molecule has 0 bridgehead atoms. The van der Waals surface area contributed by atoms with Crippen molar-refractivity contribution in [1.82, 2.24) is 0 Å². The first-order valence-electron chi connectivity index (χ1n) is 25.1. The molecule has 86 heavy (non-hydrogen) atoms. The molecule has 0 aliphatic carbocycles. The second kappa shape index (κ2) is 40.0. The molecule has 0 atom stereocenters. The summed E-state index contributed by atoms with van der Waals surface area (Å²) in [6.45, 7) is 18.6. The van der Waals surface area contributed by atoms with Crippen LogP contribution in [0.2, 0.25) is 25.1 Å². The summed E-state index contributed by atoms with van der Waals surface area (Å²) >= 11 is 36.0. The minimum Gasteiger partial charge on any atom is -0.495 e. The number of hydrogen-bond donors (Lipinski definition) is 5. The first-order valence-corrected chi connectivity index (χ1v) is 28.6. The number of aliphatic hydroxyl groups is 1. The zero-order chi connectivity index (χ0) is 66.5. The van der Waals surface area contributed by atoms with Crippen molar-refractivity contribution in [2.75, 3.05) is 52.7 Å². The van der Waals surface area contributed by atoms with Gasteiger partial charge in [0.25, 0.3) is 0 Å². The number of aromatic carboxylic acids is 1. The van der Waals surface area contributed by atoms with Gasteiger partial charge < -0.3 is 70.0 Å². The average molecular weight is 1440 g/mol. The maximum absolute atomic E-state index is 12.8. The molecule has 0 spiro atoms. The molecule has 0 saturated heterocycles. The van der Waals surface area contributed by atoms with E-state index < -0.39 is 27.3 Å². The molecular formula is C57H71Br2Cl5FN5O16. The van der Waals surface area contributed by atoms with Gasteiger partial charge in [0.1, 0.15) is 34.5 Å². The number of nitro groups is 2. The number of nitrogens with zero attached hydrogens (tertiary/aromatic N) is 2. The van der Waals surface area contributed by atoms with Crippen LogP contribution in [0.15, 0.2) is 87.8 Å². The Balaban J connectivity index is 0.000000999. The van der Waals surface area contributed by atoms with Crippen molar-refractivity contribution in [1.29, 1.82) is 0 Å². The molecule has 29 heteroatoms. The highest BCUT2D eigenvalue weighted by Gasteiger charge is 2.21. The predicted octanol–water partition coefficient (Wildman–Crippen LogP) is 16.9. The van der Waals surface area contributed by atoms with E-state index in [1.165, 1.54) is 39.5 Å². The smallest absolute Gasteiger partial charge is 0.337 e. The Morgan fingerprint density at radius 1 is 0.523 bits per heavy atom. The van der Waals surface area contributed by atoms with E-state index >= 15 is 0 Å². The van der Waals surface area contributed by atoms with E-state index in [4.69, 9.17) is 123 Å². The molecule has 21 nitrogen and oxygen atoms in total. The van der Waals surface area contributed by atoms with E-state index in [0.717, 1.165) is 22.4 Å². The topological polar surface area (TPSA) is 305 Å². The maximum Gasteiger partial charge on any atom is 0.337 e. The van der Waals surface area contributed by atoms with E-state index in [9.17, 15) is 29.4 Å². The van der Waals surface area contributed by atoms with E-state index in [0.29, 0.717) is 65.4 Å². The quantitative estimate of drug-likeness (QED) is 0.0342. The zero-order valence-electron chi connectivity index (χ0n) is 49.7. The standard InChI is InChI=1S/C10H13BrClNO2.C10H12BrClO2.C10H12ClNO4.C10H14ClNO2.C7H5ClFNO3.C7H7NO2.C3H8O/c1-5(2)15-7-4-6(12)10(14-3)8(11)9(7)13;1-6(2)14-7-4-8(11)10(13-3)9(12)5-7;1-6(2)16-10-4-7(11)9(15-3)5-8(10)12(13)14;1-6(2)14-10-4-7(11)9(13-3)5-8(10)12;1-13-7-3-6(10(11)12)5(9)2-4(7)8;8-6-4-2-1-3-5(6)7(9)10;1-3(2)4/h4-5H,13H2,1-3H3;4-6H,1-3H3;4-6H,1-3H3;4-6H,12H2,1-3H3;2-3H,1H3;1-4H,8H2,(H,9,10);3-4H,1-2H3. The van der Waals surface area contributed by atoms with Crippen molar-refractivity contribution in [3.8, 4) is 51.7 Å². The number of anilines is 3. The molecule has 8 N–H and O–H groups in total. The molecule has 0 heterocycles. The van der Waals surface area contributed by atoms with Gasteiger partial charge in [0, 0.05) is 48.2 Å². The SMILES string of the molecule is CC(C)O.COc1c(Cl)cc(OC(C)C)c(N)c1Br.COc1c(Cl)cc(OC(C)C)cc1Br.COc1cc(N)c(OC(C)C)cc1Cl.COc1cc([N+](=O)[O-])c(F)cc1Cl.COc1cc([N+](=O)[O-])c(OC(C)C)cc1Cl.Nc1ccccc1C(=O)O. The number of benzene rings is 6. The Bertz CT molecular complexity index is 3120. The van der Waals surface area contributed by atoms with E-state index in [1.54, 1.807) is 84.4 Å². The fraction of sp³-hybridized carbons (Fsp3) is 0.351. The van der Waals surface area contributed by atoms with Gasteiger partial charge in [-0.15, -0.1) is 0 Å². The Hall–Kier alpha value is -6.51. The number of ether oxygens (including phenoxy) is 9. The summed E-state index contributed by atoms with van der Waals surface area (Å²) in [5.41, 5.74) is 17.6. The van der Waals surface area contributed by atoms with Gasteiger partial charge in [0.05, 0.1) is 133 Å². The Labute approximate surface area is 541 Å². The van der Waals surface area contributed by atoms with Crippen molar-refractivity contribution in [2.24, 2.45) is 0 Å². The van der Waals surface area contributed by atoms with Crippen LogP contribution in [-0.4, -0.2) is 92.1 Å². The summed E-state index contributed by atoms with van der Waals surface area (Å²) in [7, 11) is 7.35. The Morgan fingerprint density at radius 3 is 1.33 bits per heavy atom.